The van der Waals surface area contributed by atoms with Gasteiger partial charge in [0.15, 0.2) is 0 Å². The van der Waals surface area contributed by atoms with Crippen molar-refractivity contribution >= 4 is 43.7 Å². The van der Waals surface area contributed by atoms with Crippen molar-refractivity contribution < 1.29 is 4.42 Å². The number of furan rings is 1. The molecular weight excluding hydrogens is 366 g/mol. The van der Waals surface area contributed by atoms with E-state index in [2.05, 4.69) is 92.5 Å². The topological polar surface area (TPSA) is 28.9 Å². The molecule has 30 heavy (non-hydrogen) atoms. The lowest BCUT2D eigenvalue weighted by Gasteiger charge is -2.18. The number of benzene rings is 4. The third-order valence-electron chi connectivity index (χ3n) is 6.18. The molecule has 6 rings (SSSR count). The predicted octanol–water partition coefficient (Wildman–Crippen LogP) is 8.19. The molecule has 4 aromatic carbocycles. The van der Waals surface area contributed by atoms with E-state index < -0.39 is 0 Å². The number of hydrogen-bond donors (Lipinski definition) is 1. The number of aromatic nitrogens is 1. The zero-order valence-corrected chi connectivity index (χ0v) is 17.4. The van der Waals surface area contributed by atoms with Gasteiger partial charge in [-0.3, -0.25) is 0 Å². The van der Waals surface area contributed by atoms with E-state index in [1.165, 1.54) is 27.4 Å². The number of nitrogens with one attached hydrogen (secondary N) is 1. The van der Waals surface area contributed by atoms with Gasteiger partial charge in [-0.1, -0.05) is 69.3 Å². The van der Waals surface area contributed by atoms with Crippen molar-refractivity contribution in [1.29, 1.82) is 0 Å². The van der Waals surface area contributed by atoms with Crippen molar-refractivity contribution in [2.75, 3.05) is 0 Å². The molecule has 2 aromatic heterocycles. The van der Waals surface area contributed by atoms with Crippen LogP contribution in [0.15, 0.2) is 83.3 Å². The van der Waals surface area contributed by atoms with Gasteiger partial charge in [0, 0.05) is 38.1 Å². The first kappa shape index (κ1) is 17.3. The Labute approximate surface area is 175 Å². The van der Waals surface area contributed by atoms with Gasteiger partial charge in [-0.25, -0.2) is 0 Å². The van der Waals surface area contributed by atoms with Crippen molar-refractivity contribution in [2.24, 2.45) is 0 Å². The normalized spacial score (nSPS) is 12.5. The minimum Gasteiger partial charge on any atom is -0.455 e. The second-order valence-electron chi connectivity index (χ2n) is 9.18. The fourth-order valence-corrected chi connectivity index (χ4v) is 4.51. The second kappa shape index (κ2) is 5.99. The lowest BCUT2D eigenvalue weighted by Crippen LogP contribution is -2.10. The SMILES string of the molecule is CC(C)(C)c1ccc2[nH]c3ccc(-c4cccc5c4oc4ccccc45)cc3c2c1. The third kappa shape index (κ3) is 2.50. The van der Waals surface area contributed by atoms with Gasteiger partial charge in [-0.2, -0.15) is 0 Å². The van der Waals surface area contributed by atoms with Gasteiger partial charge in [-0.05, 0) is 46.9 Å². The van der Waals surface area contributed by atoms with Gasteiger partial charge < -0.3 is 9.40 Å². The molecule has 2 nitrogen and oxygen atoms in total. The van der Waals surface area contributed by atoms with Crippen LogP contribution in [0.2, 0.25) is 0 Å². The third-order valence-corrected chi connectivity index (χ3v) is 6.18. The maximum Gasteiger partial charge on any atom is 0.143 e. The smallest absolute Gasteiger partial charge is 0.143 e. The first-order chi connectivity index (χ1) is 14.5. The van der Waals surface area contributed by atoms with Crippen LogP contribution in [0.25, 0.3) is 54.9 Å². The molecule has 0 radical (unpaired) electrons. The Hall–Kier alpha value is -3.52. The van der Waals surface area contributed by atoms with E-state index in [1.807, 2.05) is 12.1 Å². The largest absolute Gasteiger partial charge is 0.455 e. The Balaban J connectivity index is 1.62. The highest BCUT2D eigenvalue weighted by Crippen LogP contribution is 2.38. The quantitative estimate of drug-likeness (QED) is 0.302. The lowest BCUT2D eigenvalue weighted by molar-refractivity contribution is 0.591. The molecule has 2 heteroatoms. The van der Waals surface area contributed by atoms with E-state index in [-0.39, 0.29) is 5.41 Å². The molecule has 0 amide bonds. The summed E-state index contributed by atoms with van der Waals surface area (Å²) >= 11 is 0. The number of fused-ring (bicyclic) bond motifs is 6. The molecule has 0 bridgehead atoms. The highest BCUT2D eigenvalue weighted by atomic mass is 16.3. The number of rotatable bonds is 1. The molecule has 0 saturated heterocycles. The van der Waals surface area contributed by atoms with Crippen LogP contribution in [0.4, 0.5) is 0 Å². The Kier molecular flexibility index (Phi) is 3.47. The predicted molar refractivity (Wildman–Crippen MR) is 127 cm³/mol. The maximum atomic E-state index is 6.28. The molecule has 2 heterocycles. The first-order valence-electron chi connectivity index (χ1n) is 10.5. The monoisotopic (exact) mass is 389 g/mol. The maximum absolute atomic E-state index is 6.28. The molecule has 146 valence electrons. The fourth-order valence-electron chi connectivity index (χ4n) is 4.51. The lowest BCUT2D eigenvalue weighted by atomic mass is 9.86. The van der Waals surface area contributed by atoms with Gasteiger partial charge >= 0.3 is 0 Å². The average Bonchev–Trinajstić information content (AvgIpc) is 3.30. The second-order valence-corrected chi connectivity index (χ2v) is 9.18. The molecule has 1 N–H and O–H groups in total. The van der Waals surface area contributed by atoms with Crippen molar-refractivity contribution in [1.82, 2.24) is 4.98 Å². The standard InChI is InChI=1S/C28H23NO/c1-28(2,3)18-12-14-25-23(16-18)22-15-17(11-13-24(22)29-25)19-8-6-9-21-20-7-4-5-10-26(20)30-27(19)21/h4-16,29H,1-3H3. The van der Waals surface area contributed by atoms with E-state index in [0.29, 0.717) is 0 Å². The van der Waals surface area contributed by atoms with Crippen molar-refractivity contribution in [2.45, 2.75) is 26.2 Å². The van der Waals surface area contributed by atoms with Crippen molar-refractivity contribution in [3.63, 3.8) is 0 Å². The summed E-state index contributed by atoms with van der Waals surface area (Å²) in [5.41, 5.74) is 8.00. The Morgan fingerprint density at radius 2 is 1.40 bits per heavy atom. The zero-order valence-electron chi connectivity index (χ0n) is 17.4. The highest BCUT2D eigenvalue weighted by Gasteiger charge is 2.16. The summed E-state index contributed by atoms with van der Waals surface area (Å²) in [6, 6.07) is 28.1. The number of H-pyrrole nitrogens is 1. The molecule has 0 unspecified atom stereocenters. The highest BCUT2D eigenvalue weighted by molar-refractivity contribution is 6.12. The molecule has 6 aromatic rings. The van der Waals surface area contributed by atoms with Gasteiger partial charge in [-0.15, -0.1) is 0 Å². The number of para-hydroxylation sites is 2. The van der Waals surface area contributed by atoms with Crippen LogP contribution in [-0.4, -0.2) is 4.98 Å². The zero-order chi connectivity index (χ0) is 20.5. The van der Waals surface area contributed by atoms with Gasteiger partial charge in [0.1, 0.15) is 11.2 Å². The van der Waals surface area contributed by atoms with E-state index in [0.717, 1.165) is 33.0 Å². The number of hydrogen-bond acceptors (Lipinski definition) is 1. The molecular formula is C28H23NO. The molecule has 0 atom stereocenters. The van der Waals surface area contributed by atoms with Crippen LogP contribution >= 0.6 is 0 Å². The summed E-state index contributed by atoms with van der Waals surface area (Å²) in [4.78, 5) is 3.57. The van der Waals surface area contributed by atoms with Crippen LogP contribution in [0, 0.1) is 0 Å². The average molecular weight is 389 g/mol. The summed E-state index contributed by atoms with van der Waals surface area (Å²) in [5.74, 6) is 0. The van der Waals surface area contributed by atoms with Crippen molar-refractivity contribution in [3.05, 3.63) is 84.4 Å². The summed E-state index contributed by atoms with van der Waals surface area (Å²) < 4.78 is 6.28. The van der Waals surface area contributed by atoms with Gasteiger partial charge in [0.2, 0.25) is 0 Å². The van der Waals surface area contributed by atoms with Crippen LogP contribution in [0.5, 0.6) is 0 Å². The number of aromatic amines is 1. The molecule has 0 fully saturated rings. The van der Waals surface area contributed by atoms with E-state index in [4.69, 9.17) is 4.42 Å². The summed E-state index contributed by atoms with van der Waals surface area (Å²) in [7, 11) is 0. The van der Waals surface area contributed by atoms with Crippen LogP contribution in [-0.2, 0) is 5.41 Å². The Morgan fingerprint density at radius 3 is 2.23 bits per heavy atom. The van der Waals surface area contributed by atoms with Crippen molar-refractivity contribution in [3.8, 4) is 11.1 Å². The minimum atomic E-state index is 0.120. The van der Waals surface area contributed by atoms with Gasteiger partial charge in [0.25, 0.3) is 0 Å². The molecule has 0 saturated carbocycles. The Bertz CT molecular complexity index is 1570. The summed E-state index contributed by atoms with van der Waals surface area (Å²) in [5, 5.41) is 4.85. The first-order valence-corrected chi connectivity index (χ1v) is 10.5. The fraction of sp³-hybridized carbons (Fsp3) is 0.143. The van der Waals surface area contributed by atoms with E-state index in [9.17, 15) is 0 Å². The summed E-state index contributed by atoms with van der Waals surface area (Å²) in [6.45, 7) is 6.78. The molecule has 0 aliphatic heterocycles. The van der Waals surface area contributed by atoms with E-state index in [1.54, 1.807) is 0 Å². The van der Waals surface area contributed by atoms with Crippen LogP contribution in [0.1, 0.15) is 26.3 Å². The minimum absolute atomic E-state index is 0.120. The van der Waals surface area contributed by atoms with E-state index >= 15 is 0 Å². The molecule has 0 aliphatic carbocycles. The van der Waals surface area contributed by atoms with Crippen LogP contribution < -0.4 is 0 Å². The molecule has 0 spiro atoms. The Morgan fingerprint density at radius 1 is 0.667 bits per heavy atom. The summed E-state index contributed by atoms with van der Waals surface area (Å²) in [6.07, 6.45) is 0. The van der Waals surface area contributed by atoms with Crippen LogP contribution in [0.3, 0.4) is 0 Å². The molecule has 0 aliphatic rings. The van der Waals surface area contributed by atoms with Gasteiger partial charge in [0.05, 0.1) is 0 Å².